The van der Waals surface area contributed by atoms with Gasteiger partial charge in [0.2, 0.25) is 5.91 Å². The number of carbonyl (C=O) groups excluding carboxylic acids is 2. The summed E-state index contributed by atoms with van der Waals surface area (Å²) in [5.74, 6) is -2.35. The molecule has 9 heteroatoms. The lowest BCUT2D eigenvalue weighted by Gasteiger charge is -2.28. The monoisotopic (exact) mass is 442 g/mol. The van der Waals surface area contributed by atoms with Crippen LogP contribution in [0.3, 0.4) is 0 Å². The van der Waals surface area contributed by atoms with Crippen LogP contribution in [0.1, 0.15) is 30.4 Å². The summed E-state index contributed by atoms with van der Waals surface area (Å²) in [7, 11) is 0. The third kappa shape index (κ3) is 5.06. The summed E-state index contributed by atoms with van der Waals surface area (Å²) in [4.78, 5) is 36.1. The lowest BCUT2D eigenvalue weighted by atomic mass is 9.98. The molecule has 170 valence electrons. The Bertz CT molecular complexity index is 958. The van der Waals surface area contributed by atoms with E-state index in [0.29, 0.717) is 0 Å². The molecule has 1 aliphatic carbocycles. The Balaban J connectivity index is 1.68. The molecule has 0 fully saturated rings. The van der Waals surface area contributed by atoms with Crippen molar-refractivity contribution in [2.75, 3.05) is 19.8 Å². The molecule has 1 aliphatic rings. The van der Waals surface area contributed by atoms with E-state index in [9.17, 15) is 24.6 Å². The highest BCUT2D eigenvalue weighted by Crippen LogP contribution is 2.44. The van der Waals surface area contributed by atoms with Gasteiger partial charge in [0.05, 0.1) is 25.2 Å². The molecule has 2 aromatic carbocycles. The first-order chi connectivity index (χ1) is 15.3. The number of benzene rings is 2. The van der Waals surface area contributed by atoms with E-state index in [1.165, 1.54) is 6.92 Å². The van der Waals surface area contributed by atoms with Crippen LogP contribution in [0.2, 0.25) is 0 Å². The molecule has 32 heavy (non-hydrogen) atoms. The predicted octanol–water partition coefficient (Wildman–Crippen LogP) is 1.23. The van der Waals surface area contributed by atoms with Crippen LogP contribution in [0.25, 0.3) is 11.1 Å². The van der Waals surface area contributed by atoms with Gasteiger partial charge in [-0.2, -0.15) is 0 Å². The van der Waals surface area contributed by atoms with Gasteiger partial charge in [-0.1, -0.05) is 48.5 Å². The van der Waals surface area contributed by atoms with Crippen LogP contribution in [0.4, 0.5) is 4.79 Å². The Kier molecular flexibility index (Phi) is 7.12. The Morgan fingerprint density at radius 1 is 1.00 bits per heavy atom. The van der Waals surface area contributed by atoms with Gasteiger partial charge >= 0.3 is 12.1 Å². The topological polar surface area (TPSA) is 145 Å². The van der Waals surface area contributed by atoms with Crippen molar-refractivity contribution in [1.29, 1.82) is 0 Å². The molecule has 1 atom stereocenters. The fraction of sp³-hybridized carbons (Fsp3) is 0.348. The molecule has 2 amide bonds. The zero-order valence-electron chi connectivity index (χ0n) is 17.6. The summed E-state index contributed by atoms with van der Waals surface area (Å²) in [6.07, 6.45) is -1.63. The second kappa shape index (κ2) is 9.80. The van der Waals surface area contributed by atoms with Crippen molar-refractivity contribution in [3.8, 4) is 11.1 Å². The number of nitrogens with one attached hydrogen (secondary N) is 2. The molecule has 2 aromatic rings. The molecule has 0 bridgehead atoms. The van der Waals surface area contributed by atoms with Crippen LogP contribution in [-0.2, 0) is 14.3 Å². The SMILES string of the molecule is CC(CO)(CO)NC(=O)C(CC(=O)O)NC(=O)OCC1c2ccccc2-c2ccccc21. The maximum Gasteiger partial charge on any atom is 0.407 e. The number of aliphatic hydroxyl groups excluding tert-OH is 2. The first kappa shape index (κ1) is 23.2. The number of hydrogen-bond acceptors (Lipinski definition) is 6. The molecule has 0 saturated carbocycles. The van der Waals surface area contributed by atoms with E-state index in [1.54, 1.807) is 0 Å². The van der Waals surface area contributed by atoms with E-state index in [0.717, 1.165) is 22.3 Å². The van der Waals surface area contributed by atoms with Crippen LogP contribution in [-0.4, -0.2) is 64.7 Å². The molecule has 9 nitrogen and oxygen atoms in total. The average molecular weight is 442 g/mol. The molecule has 0 heterocycles. The van der Waals surface area contributed by atoms with Gasteiger partial charge in [0, 0.05) is 5.92 Å². The molecular weight excluding hydrogens is 416 g/mol. The number of amides is 2. The molecule has 0 spiro atoms. The van der Waals surface area contributed by atoms with Gasteiger partial charge in [0.1, 0.15) is 12.6 Å². The van der Waals surface area contributed by atoms with Crippen molar-refractivity contribution in [2.24, 2.45) is 0 Å². The number of hydrogen-bond donors (Lipinski definition) is 5. The minimum Gasteiger partial charge on any atom is -0.481 e. The predicted molar refractivity (Wildman–Crippen MR) is 115 cm³/mol. The van der Waals surface area contributed by atoms with Gasteiger partial charge in [-0.25, -0.2) is 4.79 Å². The standard InChI is InChI=1S/C23H26N2O7/c1-23(12-26,13-27)25-21(30)19(10-20(28)29)24-22(31)32-11-18-16-8-4-2-6-14(16)15-7-3-5-9-17(15)18/h2-9,18-19,26-27H,10-13H2,1H3,(H,24,31)(H,25,30)(H,28,29). The van der Waals surface area contributed by atoms with Crippen molar-refractivity contribution >= 4 is 18.0 Å². The highest BCUT2D eigenvalue weighted by Gasteiger charge is 2.32. The van der Waals surface area contributed by atoms with Gasteiger partial charge in [-0.15, -0.1) is 0 Å². The number of alkyl carbamates (subject to hydrolysis) is 1. The zero-order chi connectivity index (χ0) is 23.3. The minimum absolute atomic E-state index is 0.00622. The van der Waals surface area contributed by atoms with E-state index in [4.69, 9.17) is 9.84 Å². The van der Waals surface area contributed by atoms with Crippen molar-refractivity contribution in [3.63, 3.8) is 0 Å². The van der Waals surface area contributed by atoms with Crippen LogP contribution in [0, 0.1) is 0 Å². The fourth-order valence-electron chi connectivity index (χ4n) is 3.68. The van der Waals surface area contributed by atoms with E-state index in [1.807, 2.05) is 48.5 Å². The van der Waals surface area contributed by atoms with Crippen molar-refractivity contribution in [3.05, 3.63) is 59.7 Å². The minimum atomic E-state index is -1.44. The molecular formula is C23H26N2O7. The highest BCUT2D eigenvalue weighted by molar-refractivity contribution is 5.89. The quantitative estimate of drug-likeness (QED) is 0.393. The summed E-state index contributed by atoms with van der Waals surface area (Å²) in [6, 6.07) is 14.2. The Hall–Kier alpha value is -3.43. The number of rotatable bonds is 9. The third-order valence-electron chi connectivity index (χ3n) is 5.45. The highest BCUT2D eigenvalue weighted by atomic mass is 16.5. The van der Waals surface area contributed by atoms with E-state index >= 15 is 0 Å². The lowest BCUT2D eigenvalue weighted by molar-refractivity contribution is -0.140. The lowest BCUT2D eigenvalue weighted by Crippen LogP contribution is -2.58. The van der Waals surface area contributed by atoms with E-state index in [2.05, 4.69) is 10.6 Å². The van der Waals surface area contributed by atoms with Crippen molar-refractivity contribution < 1.29 is 34.4 Å². The Morgan fingerprint density at radius 3 is 2.03 bits per heavy atom. The van der Waals surface area contributed by atoms with Gasteiger partial charge < -0.3 is 30.7 Å². The maximum atomic E-state index is 12.5. The normalized spacial score (nSPS) is 13.6. The first-order valence-corrected chi connectivity index (χ1v) is 10.1. The largest absolute Gasteiger partial charge is 0.481 e. The second-order valence-electron chi connectivity index (χ2n) is 7.99. The van der Waals surface area contributed by atoms with Crippen LogP contribution < -0.4 is 10.6 Å². The average Bonchev–Trinajstić information content (AvgIpc) is 3.10. The third-order valence-corrected chi connectivity index (χ3v) is 5.45. The molecule has 0 saturated heterocycles. The molecule has 0 aromatic heterocycles. The summed E-state index contributed by atoms with van der Waals surface area (Å²) >= 11 is 0. The number of carbonyl (C=O) groups is 3. The van der Waals surface area contributed by atoms with Crippen LogP contribution >= 0.6 is 0 Å². The smallest absolute Gasteiger partial charge is 0.407 e. The van der Waals surface area contributed by atoms with Crippen LogP contribution in [0.5, 0.6) is 0 Å². The van der Waals surface area contributed by atoms with Crippen LogP contribution in [0.15, 0.2) is 48.5 Å². The summed E-state index contributed by atoms with van der Waals surface area (Å²) in [5.41, 5.74) is 2.79. The van der Waals surface area contributed by atoms with Gasteiger partial charge in [-0.05, 0) is 29.2 Å². The number of aliphatic hydroxyl groups is 2. The molecule has 3 rings (SSSR count). The summed E-state index contributed by atoms with van der Waals surface area (Å²) in [6.45, 7) is 0.252. The van der Waals surface area contributed by atoms with Crippen molar-refractivity contribution in [2.45, 2.75) is 30.8 Å². The van der Waals surface area contributed by atoms with Gasteiger partial charge in [0.15, 0.2) is 0 Å². The second-order valence-corrected chi connectivity index (χ2v) is 7.99. The number of carboxylic acids is 1. The molecule has 5 N–H and O–H groups in total. The number of carboxylic acid groups (broad SMARTS) is 1. The molecule has 0 aliphatic heterocycles. The molecule has 1 unspecified atom stereocenters. The maximum absolute atomic E-state index is 12.5. The molecule has 0 radical (unpaired) electrons. The fourth-order valence-corrected chi connectivity index (χ4v) is 3.68. The van der Waals surface area contributed by atoms with E-state index in [-0.39, 0.29) is 12.5 Å². The number of aliphatic carboxylic acids is 1. The first-order valence-electron chi connectivity index (χ1n) is 10.1. The number of ether oxygens (including phenoxy) is 1. The van der Waals surface area contributed by atoms with E-state index < -0.39 is 49.2 Å². The van der Waals surface area contributed by atoms with Gasteiger partial charge in [-0.3, -0.25) is 9.59 Å². The van der Waals surface area contributed by atoms with Crippen molar-refractivity contribution in [1.82, 2.24) is 10.6 Å². The number of fused-ring (bicyclic) bond motifs is 3. The van der Waals surface area contributed by atoms with Gasteiger partial charge in [0.25, 0.3) is 0 Å². The summed E-state index contributed by atoms with van der Waals surface area (Å²) < 4.78 is 5.36. The Labute approximate surface area is 185 Å². The zero-order valence-corrected chi connectivity index (χ0v) is 17.6. The Morgan fingerprint density at radius 2 is 1.53 bits per heavy atom. The summed E-state index contributed by atoms with van der Waals surface area (Å²) in [5, 5.41) is 32.4.